The van der Waals surface area contributed by atoms with E-state index in [-0.39, 0.29) is 30.4 Å². The molecule has 0 aliphatic carbocycles. The Balaban J connectivity index is 1.69. The lowest BCUT2D eigenvalue weighted by atomic mass is 10.0. The van der Waals surface area contributed by atoms with Crippen LogP contribution in [0.3, 0.4) is 0 Å². The van der Waals surface area contributed by atoms with Crippen LogP contribution in [0.1, 0.15) is 26.2 Å². The number of rotatable bonds is 3. The quantitative estimate of drug-likeness (QED) is 0.856. The van der Waals surface area contributed by atoms with Crippen molar-refractivity contribution in [2.75, 3.05) is 11.5 Å². The van der Waals surface area contributed by atoms with Crippen molar-refractivity contribution >= 4 is 17.5 Å². The molecular formula is C16H20N2O3. The third-order valence-electron chi connectivity index (χ3n) is 4.08. The third kappa shape index (κ3) is 2.99. The van der Waals surface area contributed by atoms with Crippen molar-refractivity contribution in [3.8, 4) is 0 Å². The van der Waals surface area contributed by atoms with E-state index in [2.05, 4.69) is 5.32 Å². The summed E-state index contributed by atoms with van der Waals surface area (Å²) < 4.78 is 5.51. The van der Waals surface area contributed by atoms with Crippen molar-refractivity contribution in [3.63, 3.8) is 0 Å². The summed E-state index contributed by atoms with van der Waals surface area (Å²) in [5.41, 5.74) is 0.650. The molecule has 3 rings (SSSR count). The van der Waals surface area contributed by atoms with E-state index in [0.717, 1.165) is 12.8 Å². The molecule has 2 aliphatic heterocycles. The minimum absolute atomic E-state index is 0.135. The van der Waals surface area contributed by atoms with Gasteiger partial charge in [-0.2, -0.15) is 0 Å². The molecule has 2 saturated heterocycles. The molecule has 1 aromatic carbocycles. The lowest BCUT2D eigenvalue weighted by Gasteiger charge is -2.29. The SMILES string of the molecule is CC1CC(NC2CC(=O)N(c3ccccc3)C2=O)CCO1. The van der Waals surface area contributed by atoms with Crippen LogP contribution in [0.4, 0.5) is 5.69 Å². The van der Waals surface area contributed by atoms with Gasteiger partial charge in [0.2, 0.25) is 5.91 Å². The first-order valence-corrected chi connectivity index (χ1v) is 7.44. The van der Waals surface area contributed by atoms with Gasteiger partial charge >= 0.3 is 0 Å². The molecule has 1 N–H and O–H groups in total. The Labute approximate surface area is 124 Å². The van der Waals surface area contributed by atoms with Gasteiger partial charge in [-0.05, 0) is 31.9 Å². The van der Waals surface area contributed by atoms with Gasteiger partial charge in [-0.25, -0.2) is 4.90 Å². The summed E-state index contributed by atoms with van der Waals surface area (Å²) in [5, 5.41) is 3.34. The smallest absolute Gasteiger partial charge is 0.251 e. The molecule has 5 nitrogen and oxygen atoms in total. The van der Waals surface area contributed by atoms with Crippen LogP contribution in [0.15, 0.2) is 30.3 Å². The van der Waals surface area contributed by atoms with Gasteiger partial charge in [0.25, 0.3) is 5.91 Å². The lowest BCUT2D eigenvalue weighted by molar-refractivity contribution is -0.121. The standard InChI is InChI=1S/C16H20N2O3/c1-11-9-12(7-8-21-11)17-14-10-15(19)18(16(14)20)13-5-3-2-4-6-13/h2-6,11-12,14,17H,7-10H2,1H3. The molecular weight excluding hydrogens is 268 g/mol. The van der Waals surface area contributed by atoms with Crippen LogP contribution < -0.4 is 10.2 Å². The first-order valence-electron chi connectivity index (χ1n) is 7.44. The Morgan fingerprint density at radius 1 is 1.24 bits per heavy atom. The highest BCUT2D eigenvalue weighted by Gasteiger charge is 2.40. The van der Waals surface area contributed by atoms with Crippen molar-refractivity contribution in [3.05, 3.63) is 30.3 Å². The van der Waals surface area contributed by atoms with Gasteiger partial charge in [0.05, 0.1) is 24.3 Å². The van der Waals surface area contributed by atoms with Gasteiger partial charge in [-0.3, -0.25) is 9.59 Å². The molecule has 2 amide bonds. The summed E-state index contributed by atoms with van der Waals surface area (Å²) in [4.78, 5) is 25.9. The van der Waals surface area contributed by atoms with Crippen LogP contribution in [0.5, 0.6) is 0 Å². The van der Waals surface area contributed by atoms with Crippen LogP contribution in [-0.2, 0) is 14.3 Å². The number of amides is 2. The van der Waals surface area contributed by atoms with E-state index in [9.17, 15) is 9.59 Å². The van der Waals surface area contributed by atoms with E-state index in [0.29, 0.717) is 12.3 Å². The second kappa shape index (κ2) is 5.95. The Morgan fingerprint density at radius 3 is 2.71 bits per heavy atom. The van der Waals surface area contributed by atoms with Crippen LogP contribution in [0, 0.1) is 0 Å². The number of para-hydroxylation sites is 1. The Hall–Kier alpha value is -1.72. The maximum Gasteiger partial charge on any atom is 0.251 e. The fraction of sp³-hybridized carbons (Fsp3) is 0.500. The number of hydrogen-bond acceptors (Lipinski definition) is 4. The molecule has 2 aliphatic rings. The summed E-state index contributed by atoms with van der Waals surface area (Å²) in [6, 6.07) is 8.93. The van der Waals surface area contributed by atoms with E-state index in [1.54, 1.807) is 12.1 Å². The average Bonchev–Trinajstić information content (AvgIpc) is 2.74. The van der Waals surface area contributed by atoms with Gasteiger partial charge in [-0.1, -0.05) is 18.2 Å². The molecule has 5 heteroatoms. The van der Waals surface area contributed by atoms with Gasteiger partial charge < -0.3 is 10.1 Å². The van der Waals surface area contributed by atoms with Gasteiger partial charge in [0.1, 0.15) is 0 Å². The number of ether oxygens (including phenoxy) is 1. The fourth-order valence-corrected chi connectivity index (χ4v) is 3.04. The van der Waals surface area contributed by atoms with Crippen LogP contribution in [0.2, 0.25) is 0 Å². The van der Waals surface area contributed by atoms with Crippen molar-refractivity contribution < 1.29 is 14.3 Å². The van der Waals surface area contributed by atoms with Gasteiger partial charge in [-0.15, -0.1) is 0 Å². The van der Waals surface area contributed by atoms with Crippen molar-refractivity contribution in [1.29, 1.82) is 0 Å². The number of hydrogen-bond donors (Lipinski definition) is 1. The minimum atomic E-state index is -0.409. The Morgan fingerprint density at radius 2 is 2.00 bits per heavy atom. The molecule has 0 saturated carbocycles. The Bertz CT molecular complexity index is 532. The zero-order valence-corrected chi connectivity index (χ0v) is 12.1. The molecule has 3 unspecified atom stereocenters. The van der Waals surface area contributed by atoms with Crippen LogP contribution >= 0.6 is 0 Å². The monoisotopic (exact) mass is 288 g/mol. The largest absolute Gasteiger partial charge is 0.378 e. The number of benzene rings is 1. The molecule has 0 aromatic heterocycles. The summed E-state index contributed by atoms with van der Waals surface area (Å²) in [5.74, 6) is -0.283. The highest BCUT2D eigenvalue weighted by molar-refractivity contribution is 6.22. The van der Waals surface area contributed by atoms with Crippen molar-refractivity contribution in [1.82, 2.24) is 5.32 Å². The number of carbonyl (C=O) groups excluding carboxylic acids is 2. The van der Waals surface area contributed by atoms with E-state index >= 15 is 0 Å². The number of anilines is 1. The molecule has 1 aromatic rings. The molecule has 0 bridgehead atoms. The fourth-order valence-electron chi connectivity index (χ4n) is 3.04. The maximum absolute atomic E-state index is 12.5. The third-order valence-corrected chi connectivity index (χ3v) is 4.08. The number of imide groups is 1. The second-order valence-electron chi connectivity index (χ2n) is 5.73. The molecule has 0 radical (unpaired) electrons. The molecule has 3 atom stereocenters. The first kappa shape index (κ1) is 14.2. The van der Waals surface area contributed by atoms with Gasteiger partial charge in [0.15, 0.2) is 0 Å². The summed E-state index contributed by atoms with van der Waals surface area (Å²) in [7, 11) is 0. The maximum atomic E-state index is 12.5. The predicted molar refractivity (Wildman–Crippen MR) is 78.9 cm³/mol. The van der Waals surface area contributed by atoms with Crippen LogP contribution in [-0.4, -0.2) is 36.6 Å². The summed E-state index contributed by atoms with van der Waals surface area (Å²) in [6.07, 6.45) is 2.20. The van der Waals surface area contributed by atoms with Crippen LogP contribution in [0.25, 0.3) is 0 Å². The van der Waals surface area contributed by atoms with E-state index in [1.807, 2.05) is 25.1 Å². The lowest BCUT2D eigenvalue weighted by Crippen LogP contribution is -2.47. The van der Waals surface area contributed by atoms with E-state index in [1.165, 1.54) is 4.90 Å². The molecule has 21 heavy (non-hydrogen) atoms. The molecule has 112 valence electrons. The Kier molecular flexibility index (Phi) is 4.03. The molecule has 0 spiro atoms. The normalized spacial score (nSPS) is 30.0. The van der Waals surface area contributed by atoms with E-state index < -0.39 is 6.04 Å². The topological polar surface area (TPSA) is 58.6 Å². The van der Waals surface area contributed by atoms with E-state index in [4.69, 9.17) is 4.74 Å². The zero-order valence-electron chi connectivity index (χ0n) is 12.1. The highest BCUT2D eigenvalue weighted by atomic mass is 16.5. The van der Waals surface area contributed by atoms with Crippen molar-refractivity contribution in [2.24, 2.45) is 0 Å². The number of carbonyl (C=O) groups is 2. The highest BCUT2D eigenvalue weighted by Crippen LogP contribution is 2.24. The van der Waals surface area contributed by atoms with Crippen molar-refractivity contribution in [2.45, 2.75) is 44.4 Å². The zero-order chi connectivity index (χ0) is 14.8. The molecule has 2 heterocycles. The van der Waals surface area contributed by atoms with Gasteiger partial charge in [0, 0.05) is 12.6 Å². The average molecular weight is 288 g/mol. The predicted octanol–water partition coefficient (Wildman–Crippen LogP) is 1.48. The number of nitrogens with zero attached hydrogens (tertiary/aromatic N) is 1. The second-order valence-corrected chi connectivity index (χ2v) is 5.73. The minimum Gasteiger partial charge on any atom is -0.378 e. The summed E-state index contributed by atoms with van der Waals surface area (Å²) in [6.45, 7) is 2.74. The number of nitrogens with one attached hydrogen (secondary N) is 1. The first-order chi connectivity index (χ1) is 10.1. The molecule has 2 fully saturated rings. The summed E-state index contributed by atoms with van der Waals surface area (Å²) >= 11 is 0.